The van der Waals surface area contributed by atoms with Crippen LogP contribution in [0.5, 0.6) is 0 Å². The zero-order valence-corrected chi connectivity index (χ0v) is 18.6. The van der Waals surface area contributed by atoms with Gasteiger partial charge in [-0.1, -0.05) is 13.8 Å². The summed E-state index contributed by atoms with van der Waals surface area (Å²) in [6, 6.07) is 0. The lowest BCUT2D eigenvalue weighted by atomic mass is 10.3. The van der Waals surface area contributed by atoms with E-state index in [2.05, 4.69) is 19.3 Å². The number of esters is 2. The molecule has 0 amide bonds. The smallest absolute Gasteiger partial charge is 0.462 e. The van der Waals surface area contributed by atoms with Gasteiger partial charge in [0.1, 0.15) is 26.4 Å². The molecule has 12 nitrogen and oxygen atoms in total. The summed E-state index contributed by atoms with van der Waals surface area (Å²) in [6.07, 6.45) is -2.12. The number of carbonyl (C=O) groups is 4. The third-order valence-corrected chi connectivity index (χ3v) is 5.05. The second-order valence-electron chi connectivity index (χ2n) is 7.34. The number of carbonyl (C=O) groups excluding carboxylic acids is 4. The highest BCUT2D eigenvalue weighted by Gasteiger charge is 2.27. The van der Waals surface area contributed by atoms with Crippen LogP contribution in [-0.4, -0.2) is 112 Å². The summed E-state index contributed by atoms with van der Waals surface area (Å²) >= 11 is 0. The van der Waals surface area contributed by atoms with Gasteiger partial charge < -0.3 is 38.2 Å². The lowest BCUT2D eigenvalue weighted by molar-refractivity contribution is -0.147. The maximum Gasteiger partial charge on any atom is 0.508 e. The van der Waals surface area contributed by atoms with Gasteiger partial charge in [0, 0.05) is 26.2 Å². The van der Waals surface area contributed by atoms with Gasteiger partial charge in [0.05, 0.1) is 12.8 Å². The monoisotopic (exact) mass is 460 g/mol. The molecule has 182 valence electrons. The van der Waals surface area contributed by atoms with Crippen molar-refractivity contribution < 1.29 is 47.6 Å². The zero-order valence-electron chi connectivity index (χ0n) is 18.6. The van der Waals surface area contributed by atoms with Crippen LogP contribution in [0.1, 0.15) is 26.7 Å². The van der Waals surface area contributed by atoms with Crippen LogP contribution in [0.3, 0.4) is 0 Å². The fourth-order valence-electron chi connectivity index (χ4n) is 3.05. The average Bonchev–Trinajstić information content (AvgIpc) is 3.40. The highest BCUT2D eigenvalue weighted by atomic mass is 16.8. The van der Waals surface area contributed by atoms with Crippen molar-refractivity contribution in [2.45, 2.75) is 38.9 Å². The Bertz CT molecular complexity index is 590. The van der Waals surface area contributed by atoms with Crippen LogP contribution in [0.15, 0.2) is 0 Å². The van der Waals surface area contributed by atoms with Crippen LogP contribution < -0.4 is 0 Å². The van der Waals surface area contributed by atoms with Crippen molar-refractivity contribution in [3.8, 4) is 0 Å². The largest absolute Gasteiger partial charge is 0.508 e. The summed E-state index contributed by atoms with van der Waals surface area (Å²) in [5.74, 6) is -0.723. The molecule has 0 saturated carbocycles. The molecule has 32 heavy (non-hydrogen) atoms. The van der Waals surface area contributed by atoms with Gasteiger partial charge in [0.25, 0.3) is 0 Å². The molecule has 0 N–H and O–H groups in total. The predicted molar refractivity (Wildman–Crippen MR) is 108 cm³/mol. The summed E-state index contributed by atoms with van der Waals surface area (Å²) in [4.78, 5) is 49.8. The molecular formula is C20H32N2O10. The number of cyclic esters (lactones) is 4. The predicted octanol–water partition coefficient (Wildman–Crippen LogP) is 0.568. The Kier molecular flexibility index (Phi) is 11.0. The molecular weight excluding hydrogens is 428 g/mol. The van der Waals surface area contributed by atoms with Gasteiger partial charge >= 0.3 is 24.2 Å². The number of hydrogen-bond acceptors (Lipinski definition) is 12. The average molecular weight is 460 g/mol. The summed E-state index contributed by atoms with van der Waals surface area (Å²) in [5, 5.41) is 0. The van der Waals surface area contributed by atoms with E-state index in [-0.39, 0.29) is 51.2 Å². The Balaban J connectivity index is 1.56. The van der Waals surface area contributed by atoms with E-state index in [1.807, 2.05) is 13.8 Å². The summed E-state index contributed by atoms with van der Waals surface area (Å²) in [6.45, 7) is 8.27. The minimum atomic E-state index is -0.745. The molecule has 2 atom stereocenters. The molecule has 2 aliphatic heterocycles. The SMILES string of the molecule is CCN(CCC(=O)OCC1COC(=O)O1)CCN(CC)CCC(=O)OCC1COC(=O)O1. The third-order valence-electron chi connectivity index (χ3n) is 5.05. The Morgan fingerprint density at radius 2 is 1.19 bits per heavy atom. The molecule has 0 bridgehead atoms. The first-order valence-electron chi connectivity index (χ1n) is 10.8. The minimum Gasteiger partial charge on any atom is -0.462 e. The number of hydrogen-bond donors (Lipinski definition) is 0. The molecule has 2 fully saturated rings. The molecule has 2 heterocycles. The van der Waals surface area contributed by atoms with Crippen molar-refractivity contribution in [3.63, 3.8) is 0 Å². The molecule has 2 unspecified atom stereocenters. The molecule has 0 aliphatic carbocycles. The zero-order chi connectivity index (χ0) is 23.3. The van der Waals surface area contributed by atoms with Gasteiger partial charge in [-0.3, -0.25) is 9.59 Å². The first-order valence-corrected chi connectivity index (χ1v) is 10.8. The molecule has 0 aromatic carbocycles. The van der Waals surface area contributed by atoms with Gasteiger partial charge in [-0.25, -0.2) is 9.59 Å². The Morgan fingerprint density at radius 1 is 0.781 bits per heavy atom. The van der Waals surface area contributed by atoms with Gasteiger partial charge in [-0.05, 0) is 13.1 Å². The molecule has 0 spiro atoms. The molecule has 0 aromatic heterocycles. The standard InChI is InChI=1S/C20H32N2O10/c1-3-21(7-5-17(23)27-11-15-13-29-19(25)31-15)9-10-22(4-2)8-6-18(24)28-12-16-14-30-20(26)32-16/h15-16H,3-14H2,1-2H3. The van der Waals surface area contributed by atoms with Crippen molar-refractivity contribution in [2.24, 2.45) is 0 Å². The van der Waals surface area contributed by atoms with E-state index in [4.69, 9.17) is 18.9 Å². The maximum atomic E-state index is 11.9. The number of rotatable bonds is 15. The first-order chi connectivity index (χ1) is 15.4. The summed E-state index contributed by atoms with van der Waals surface area (Å²) in [7, 11) is 0. The van der Waals surface area contributed by atoms with Gasteiger partial charge in [-0.15, -0.1) is 0 Å². The number of nitrogens with zero attached hydrogens (tertiary/aromatic N) is 2. The van der Waals surface area contributed by atoms with Gasteiger partial charge in [-0.2, -0.15) is 0 Å². The fourth-order valence-corrected chi connectivity index (χ4v) is 3.05. The lowest BCUT2D eigenvalue weighted by Gasteiger charge is -2.25. The van der Waals surface area contributed by atoms with E-state index in [1.54, 1.807) is 0 Å². The van der Waals surface area contributed by atoms with Crippen LogP contribution in [0, 0.1) is 0 Å². The molecule has 0 radical (unpaired) electrons. The third kappa shape index (κ3) is 9.69. The highest BCUT2D eigenvalue weighted by Crippen LogP contribution is 2.08. The Morgan fingerprint density at radius 3 is 1.50 bits per heavy atom. The second kappa shape index (κ2) is 13.7. The van der Waals surface area contributed by atoms with Crippen molar-refractivity contribution in [2.75, 3.05) is 65.7 Å². The molecule has 2 rings (SSSR count). The quantitative estimate of drug-likeness (QED) is 0.250. The van der Waals surface area contributed by atoms with Crippen LogP contribution in [0.2, 0.25) is 0 Å². The van der Waals surface area contributed by atoms with Crippen LogP contribution in [0.4, 0.5) is 9.59 Å². The number of ether oxygens (including phenoxy) is 6. The van der Waals surface area contributed by atoms with E-state index in [9.17, 15) is 19.2 Å². The van der Waals surface area contributed by atoms with Crippen LogP contribution >= 0.6 is 0 Å². The van der Waals surface area contributed by atoms with E-state index in [0.29, 0.717) is 13.1 Å². The molecule has 2 aliphatic rings. The minimum absolute atomic E-state index is 0.00733. The normalized spacial score (nSPS) is 20.0. The Labute approximate surface area is 187 Å². The van der Waals surface area contributed by atoms with Crippen LogP contribution in [-0.2, 0) is 38.0 Å². The maximum absolute atomic E-state index is 11.9. The fraction of sp³-hybridized carbons (Fsp3) is 0.800. The highest BCUT2D eigenvalue weighted by molar-refractivity contribution is 5.70. The van der Waals surface area contributed by atoms with Crippen molar-refractivity contribution in [1.82, 2.24) is 9.80 Å². The molecule has 2 saturated heterocycles. The first kappa shape index (κ1) is 25.7. The van der Waals surface area contributed by atoms with Crippen molar-refractivity contribution in [1.29, 1.82) is 0 Å². The summed E-state index contributed by atoms with van der Waals surface area (Å²) < 4.78 is 29.1. The van der Waals surface area contributed by atoms with Gasteiger partial charge in [0.2, 0.25) is 0 Å². The van der Waals surface area contributed by atoms with Crippen molar-refractivity contribution >= 4 is 24.2 Å². The lowest BCUT2D eigenvalue weighted by Crippen LogP contribution is -2.37. The summed E-state index contributed by atoms with van der Waals surface area (Å²) in [5.41, 5.74) is 0. The van der Waals surface area contributed by atoms with Crippen molar-refractivity contribution in [3.05, 3.63) is 0 Å². The van der Waals surface area contributed by atoms with Crippen LogP contribution in [0.25, 0.3) is 0 Å². The molecule has 0 aromatic rings. The van der Waals surface area contributed by atoms with E-state index in [1.165, 1.54) is 0 Å². The topological polar surface area (TPSA) is 130 Å². The second-order valence-corrected chi connectivity index (χ2v) is 7.34. The van der Waals surface area contributed by atoms with E-state index < -0.39 is 24.5 Å². The van der Waals surface area contributed by atoms with E-state index in [0.717, 1.165) is 26.2 Å². The number of likely N-dealkylation sites (N-methyl/N-ethyl adjacent to an activating group) is 2. The van der Waals surface area contributed by atoms with Gasteiger partial charge in [0.15, 0.2) is 12.2 Å². The van der Waals surface area contributed by atoms with E-state index >= 15 is 0 Å². The Hall–Kier alpha value is -2.60. The molecule has 12 heteroatoms.